The van der Waals surface area contributed by atoms with Gasteiger partial charge in [0.2, 0.25) is 0 Å². The first kappa shape index (κ1) is 14.7. The number of anilines is 1. The fourth-order valence-electron chi connectivity index (χ4n) is 2.33. The Bertz CT molecular complexity index is 379. The zero-order valence-corrected chi connectivity index (χ0v) is 13.0. The van der Waals surface area contributed by atoms with Gasteiger partial charge in [0.25, 0.3) is 0 Å². The van der Waals surface area contributed by atoms with Crippen molar-refractivity contribution < 1.29 is 0 Å². The molecule has 0 spiro atoms. The summed E-state index contributed by atoms with van der Waals surface area (Å²) in [5.41, 5.74) is 1.31. The Morgan fingerprint density at radius 2 is 2.26 bits per heavy atom. The molecule has 0 saturated carbocycles. The summed E-state index contributed by atoms with van der Waals surface area (Å²) in [6, 6.07) is 4.94. The molecule has 4 heteroatoms. The standard InChI is InChI=1S/C15H25N3S/c1-4-7-16-15-6-5-14(10-17-15)11-18-8-9-19-13(3)12(18)2/h5-6,10,12-13H,4,7-9,11H2,1-3H3,(H,16,17). The molecular weight excluding hydrogens is 254 g/mol. The molecule has 2 atom stereocenters. The van der Waals surface area contributed by atoms with E-state index >= 15 is 0 Å². The molecule has 1 aliphatic heterocycles. The maximum Gasteiger partial charge on any atom is 0.125 e. The first-order chi connectivity index (χ1) is 9.20. The van der Waals surface area contributed by atoms with Crippen LogP contribution in [0.25, 0.3) is 0 Å². The summed E-state index contributed by atoms with van der Waals surface area (Å²) in [6.07, 6.45) is 3.14. The second-order valence-electron chi connectivity index (χ2n) is 5.27. The molecule has 1 fully saturated rings. The molecule has 1 aromatic rings. The predicted molar refractivity (Wildman–Crippen MR) is 84.8 cm³/mol. The lowest BCUT2D eigenvalue weighted by Crippen LogP contribution is -2.43. The van der Waals surface area contributed by atoms with Crippen LogP contribution in [0.5, 0.6) is 0 Å². The summed E-state index contributed by atoms with van der Waals surface area (Å²) >= 11 is 2.08. The molecular formula is C15H25N3S. The van der Waals surface area contributed by atoms with Crippen LogP contribution >= 0.6 is 11.8 Å². The second kappa shape index (κ2) is 7.15. The van der Waals surface area contributed by atoms with Gasteiger partial charge < -0.3 is 5.32 Å². The number of nitrogens with zero attached hydrogens (tertiary/aromatic N) is 2. The molecule has 2 unspecified atom stereocenters. The zero-order valence-electron chi connectivity index (χ0n) is 12.2. The Kier molecular flexibility index (Phi) is 5.52. The van der Waals surface area contributed by atoms with Gasteiger partial charge in [-0.05, 0) is 25.0 Å². The van der Waals surface area contributed by atoms with E-state index in [9.17, 15) is 0 Å². The molecule has 106 valence electrons. The van der Waals surface area contributed by atoms with Crippen LogP contribution in [0.4, 0.5) is 5.82 Å². The van der Waals surface area contributed by atoms with Crippen molar-refractivity contribution in [1.82, 2.24) is 9.88 Å². The number of nitrogens with one attached hydrogen (secondary N) is 1. The quantitative estimate of drug-likeness (QED) is 0.895. The van der Waals surface area contributed by atoms with Gasteiger partial charge in [-0.2, -0.15) is 11.8 Å². The Hall–Kier alpha value is -0.740. The fraction of sp³-hybridized carbons (Fsp3) is 0.667. The van der Waals surface area contributed by atoms with E-state index in [1.165, 1.54) is 17.9 Å². The van der Waals surface area contributed by atoms with Gasteiger partial charge in [-0.25, -0.2) is 4.98 Å². The minimum atomic E-state index is 0.650. The van der Waals surface area contributed by atoms with E-state index < -0.39 is 0 Å². The molecule has 0 aromatic carbocycles. The van der Waals surface area contributed by atoms with Crippen LogP contribution in [0.3, 0.4) is 0 Å². The van der Waals surface area contributed by atoms with Gasteiger partial charge in [0.05, 0.1) is 0 Å². The van der Waals surface area contributed by atoms with E-state index in [-0.39, 0.29) is 0 Å². The molecule has 2 rings (SSSR count). The summed E-state index contributed by atoms with van der Waals surface area (Å²) in [5.74, 6) is 2.23. The highest BCUT2D eigenvalue weighted by Gasteiger charge is 2.24. The Balaban J connectivity index is 1.91. The van der Waals surface area contributed by atoms with Gasteiger partial charge in [-0.1, -0.05) is 19.9 Å². The Morgan fingerprint density at radius 1 is 1.42 bits per heavy atom. The van der Waals surface area contributed by atoms with Gasteiger partial charge >= 0.3 is 0 Å². The van der Waals surface area contributed by atoms with Crippen molar-refractivity contribution in [3.63, 3.8) is 0 Å². The van der Waals surface area contributed by atoms with E-state index in [2.05, 4.69) is 59.9 Å². The van der Waals surface area contributed by atoms with Crippen LogP contribution in [-0.4, -0.2) is 40.0 Å². The third-order valence-corrected chi connectivity index (χ3v) is 5.12. The minimum absolute atomic E-state index is 0.650. The molecule has 1 aliphatic rings. The summed E-state index contributed by atoms with van der Waals surface area (Å²) in [4.78, 5) is 7.05. The van der Waals surface area contributed by atoms with Crippen LogP contribution in [0.1, 0.15) is 32.8 Å². The van der Waals surface area contributed by atoms with Crippen LogP contribution in [0.2, 0.25) is 0 Å². The molecule has 19 heavy (non-hydrogen) atoms. The third-order valence-electron chi connectivity index (χ3n) is 3.78. The molecule has 2 heterocycles. The molecule has 1 N–H and O–H groups in total. The minimum Gasteiger partial charge on any atom is -0.370 e. The fourth-order valence-corrected chi connectivity index (χ4v) is 3.49. The van der Waals surface area contributed by atoms with Gasteiger partial charge in [-0.15, -0.1) is 0 Å². The zero-order chi connectivity index (χ0) is 13.7. The van der Waals surface area contributed by atoms with Crippen molar-refractivity contribution in [2.24, 2.45) is 0 Å². The number of thioether (sulfide) groups is 1. The van der Waals surface area contributed by atoms with Crippen molar-refractivity contribution in [3.8, 4) is 0 Å². The monoisotopic (exact) mass is 279 g/mol. The molecule has 0 bridgehead atoms. The molecule has 0 radical (unpaired) electrons. The smallest absolute Gasteiger partial charge is 0.125 e. The van der Waals surface area contributed by atoms with Crippen LogP contribution in [0.15, 0.2) is 18.3 Å². The second-order valence-corrected chi connectivity index (χ2v) is 6.75. The highest BCUT2D eigenvalue weighted by atomic mass is 32.2. The van der Waals surface area contributed by atoms with Crippen molar-refractivity contribution >= 4 is 17.6 Å². The number of rotatable bonds is 5. The number of pyridine rings is 1. The van der Waals surface area contributed by atoms with Crippen LogP contribution < -0.4 is 5.32 Å². The van der Waals surface area contributed by atoms with Gasteiger partial charge in [0, 0.05) is 42.9 Å². The SMILES string of the molecule is CCCNc1ccc(CN2CCSC(C)C2C)cn1. The highest BCUT2D eigenvalue weighted by Crippen LogP contribution is 2.25. The maximum atomic E-state index is 4.48. The summed E-state index contributed by atoms with van der Waals surface area (Å²) in [7, 11) is 0. The van der Waals surface area contributed by atoms with Crippen molar-refractivity contribution in [1.29, 1.82) is 0 Å². The van der Waals surface area contributed by atoms with E-state index in [4.69, 9.17) is 0 Å². The lowest BCUT2D eigenvalue weighted by molar-refractivity contribution is 0.204. The van der Waals surface area contributed by atoms with Crippen LogP contribution in [0, 0.1) is 0 Å². The third kappa shape index (κ3) is 4.11. The van der Waals surface area contributed by atoms with Crippen LogP contribution in [-0.2, 0) is 6.54 Å². The van der Waals surface area contributed by atoms with E-state index in [0.29, 0.717) is 6.04 Å². The normalized spacial score (nSPS) is 24.4. The predicted octanol–water partition coefficient (Wildman–Crippen LogP) is 3.23. The summed E-state index contributed by atoms with van der Waals surface area (Å²) < 4.78 is 0. The van der Waals surface area contributed by atoms with E-state index in [1.807, 2.05) is 6.20 Å². The number of hydrogen-bond donors (Lipinski definition) is 1. The van der Waals surface area contributed by atoms with Crippen molar-refractivity contribution in [3.05, 3.63) is 23.9 Å². The highest BCUT2D eigenvalue weighted by molar-refractivity contribution is 8.00. The summed E-state index contributed by atoms with van der Waals surface area (Å²) in [5, 5.41) is 4.04. The Morgan fingerprint density at radius 3 is 2.95 bits per heavy atom. The average Bonchev–Trinajstić information content (AvgIpc) is 2.43. The van der Waals surface area contributed by atoms with Crippen molar-refractivity contribution in [2.45, 2.75) is 45.0 Å². The first-order valence-corrected chi connectivity index (χ1v) is 8.30. The number of aromatic nitrogens is 1. The van der Waals surface area contributed by atoms with E-state index in [0.717, 1.165) is 30.6 Å². The van der Waals surface area contributed by atoms with Gasteiger partial charge in [0.1, 0.15) is 5.82 Å². The molecule has 1 aromatic heterocycles. The topological polar surface area (TPSA) is 28.2 Å². The lowest BCUT2D eigenvalue weighted by Gasteiger charge is -2.37. The summed E-state index contributed by atoms with van der Waals surface area (Å²) in [6.45, 7) is 10.0. The molecule has 1 saturated heterocycles. The molecule has 0 amide bonds. The molecule has 0 aliphatic carbocycles. The van der Waals surface area contributed by atoms with Gasteiger partial charge in [-0.3, -0.25) is 4.90 Å². The lowest BCUT2D eigenvalue weighted by atomic mass is 10.1. The van der Waals surface area contributed by atoms with Crippen molar-refractivity contribution in [2.75, 3.05) is 24.2 Å². The largest absolute Gasteiger partial charge is 0.370 e. The average molecular weight is 279 g/mol. The maximum absolute atomic E-state index is 4.48. The molecule has 3 nitrogen and oxygen atoms in total. The first-order valence-electron chi connectivity index (χ1n) is 7.25. The Labute approximate surface area is 121 Å². The van der Waals surface area contributed by atoms with Gasteiger partial charge in [0.15, 0.2) is 0 Å². The van der Waals surface area contributed by atoms with E-state index in [1.54, 1.807) is 0 Å². The number of hydrogen-bond acceptors (Lipinski definition) is 4.